The van der Waals surface area contributed by atoms with Gasteiger partial charge in [0.2, 0.25) is 0 Å². The fourth-order valence-electron chi connectivity index (χ4n) is 3.21. The summed E-state index contributed by atoms with van der Waals surface area (Å²) in [7, 11) is 0. The Hall–Kier alpha value is -2.47. The van der Waals surface area contributed by atoms with Crippen molar-refractivity contribution in [3.05, 3.63) is 63.3 Å². The highest BCUT2D eigenvalue weighted by Gasteiger charge is 2.18. The molecule has 3 rings (SSSR count). The second-order valence-electron chi connectivity index (χ2n) is 8.22. The Bertz CT molecular complexity index is 844. The monoisotopic (exact) mass is 368 g/mol. The van der Waals surface area contributed by atoms with Gasteiger partial charge in [0.25, 0.3) is 5.91 Å². The van der Waals surface area contributed by atoms with E-state index in [2.05, 4.69) is 32.3 Å². The summed E-state index contributed by atoms with van der Waals surface area (Å²) in [5, 5.41) is 2.85. The number of amides is 1. The van der Waals surface area contributed by atoms with Crippen LogP contribution >= 0.6 is 0 Å². The first-order valence-electron chi connectivity index (χ1n) is 9.51. The van der Waals surface area contributed by atoms with Crippen molar-refractivity contribution in [1.82, 2.24) is 20.2 Å². The van der Waals surface area contributed by atoms with Gasteiger partial charge in [0.15, 0.2) is 0 Å². The molecule has 1 saturated heterocycles. The molecule has 1 amide bonds. The third kappa shape index (κ3) is 5.26. The Morgan fingerprint density at radius 2 is 1.78 bits per heavy atom. The van der Waals surface area contributed by atoms with Crippen molar-refractivity contribution < 1.29 is 4.79 Å². The first kappa shape index (κ1) is 19.3. The maximum absolute atomic E-state index is 12.4. The van der Waals surface area contributed by atoms with E-state index in [1.165, 1.54) is 31.5 Å². The van der Waals surface area contributed by atoms with E-state index < -0.39 is 5.69 Å². The predicted octanol–water partition coefficient (Wildman–Crippen LogP) is 2.59. The molecular formula is C21H28N4O2. The first-order valence-corrected chi connectivity index (χ1v) is 9.51. The third-order valence-electron chi connectivity index (χ3n) is 4.87. The Kier molecular flexibility index (Phi) is 5.75. The number of aromatic nitrogens is 2. The molecule has 6 nitrogen and oxygen atoms in total. The van der Waals surface area contributed by atoms with Gasteiger partial charge in [-0.2, -0.15) is 4.98 Å². The summed E-state index contributed by atoms with van der Waals surface area (Å²) in [5.74, 6) is -0.340. The first-order chi connectivity index (χ1) is 12.8. The number of hydrogen-bond donors (Lipinski definition) is 2. The number of nitrogens with one attached hydrogen (secondary N) is 2. The molecule has 0 aliphatic carbocycles. The summed E-state index contributed by atoms with van der Waals surface area (Å²) in [6.45, 7) is 9.67. The summed E-state index contributed by atoms with van der Waals surface area (Å²) < 4.78 is 0. The molecular weight excluding hydrogens is 340 g/mol. The number of carbonyl (C=O) groups is 1. The minimum Gasteiger partial charge on any atom is -0.347 e. The van der Waals surface area contributed by atoms with Crippen molar-refractivity contribution >= 4 is 5.91 Å². The van der Waals surface area contributed by atoms with Gasteiger partial charge in [-0.05, 0) is 43.1 Å². The lowest BCUT2D eigenvalue weighted by atomic mass is 9.91. The quantitative estimate of drug-likeness (QED) is 0.850. The molecule has 1 aliphatic heterocycles. The van der Waals surface area contributed by atoms with Crippen LogP contribution in [0.1, 0.15) is 60.9 Å². The Balaban J connectivity index is 1.60. The van der Waals surface area contributed by atoms with E-state index in [1.54, 1.807) is 6.07 Å². The van der Waals surface area contributed by atoms with Crippen LogP contribution in [0.4, 0.5) is 0 Å². The Morgan fingerprint density at radius 1 is 1.15 bits per heavy atom. The van der Waals surface area contributed by atoms with Gasteiger partial charge >= 0.3 is 5.69 Å². The van der Waals surface area contributed by atoms with Crippen molar-refractivity contribution in [1.29, 1.82) is 0 Å². The molecule has 0 saturated carbocycles. The highest BCUT2D eigenvalue weighted by atomic mass is 16.2. The molecule has 0 unspecified atom stereocenters. The highest BCUT2D eigenvalue weighted by Crippen LogP contribution is 2.19. The molecule has 1 aromatic carbocycles. The maximum atomic E-state index is 12.4. The Morgan fingerprint density at radius 3 is 2.41 bits per heavy atom. The van der Waals surface area contributed by atoms with Gasteiger partial charge < -0.3 is 10.3 Å². The molecule has 1 fully saturated rings. The van der Waals surface area contributed by atoms with Crippen LogP contribution in [-0.4, -0.2) is 33.9 Å². The number of H-pyrrole nitrogens is 1. The van der Waals surface area contributed by atoms with E-state index in [1.807, 2.05) is 32.9 Å². The standard InChI is InChI=1S/C21H28N4O2/c1-21(2,3)18-12-17(23-20(27)24-18)19(26)22-13-15-6-8-16(9-7-15)14-25-10-4-5-11-25/h6-9,12H,4-5,10-11,13-14H2,1-3H3,(H,22,26)(H,23,24,27). The van der Waals surface area contributed by atoms with Crippen LogP contribution < -0.4 is 11.0 Å². The van der Waals surface area contributed by atoms with E-state index in [0.717, 1.165) is 12.1 Å². The van der Waals surface area contributed by atoms with E-state index >= 15 is 0 Å². The largest absolute Gasteiger partial charge is 0.347 e. The SMILES string of the molecule is CC(C)(C)c1cc(C(=O)NCc2ccc(CN3CCCC3)cc2)nc(=O)[nH]1. The molecule has 0 radical (unpaired) electrons. The van der Waals surface area contributed by atoms with Gasteiger partial charge in [0.05, 0.1) is 0 Å². The van der Waals surface area contributed by atoms with Crippen LogP contribution in [-0.2, 0) is 18.5 Å². The highest BCUT2D eigenvalue weighted by molar-refractivity contribution is 5.92. The van der Waals surface area contributed by atoms with Gasteiger partial charge in [0, 0.05) is 24.2 Å². The average Bonchev–Trinajstić information content (AvgIpc) is 3.12. The van der Waals surface area contributed by atoms with Crippen molar-refractivity contribution in [2.24, 2.45) is 0 Å². The normalized spacial score (nSPS) is 15.1. The van der Waals surface area contributed by atoms with Gasteiger partial charge in [-0.3, -0.25) is 9.69 Å². The minimum atomic E-state index is -0.501. The van der Waals surface area contributed by atoms with Crippen LogP contribution in [0.25, 0.3) is 0 Å². The zero-order chi connectivity index (χ0) is 19.4. The lowest BCUT2D eigenvalue weighted by molar-refractivity contribution is 0.0945. The van der Waals surface area contributed by atoms with Gasteiger partial charge in [-0.25, -0.2) is 4.79 Å². The molecule has 0 spiro atoms. The van der Waals surface area contributed by atoms with Gasteiger partial charge in [-0.15, -0.1) is 0 Å². The molecule has 1 aliphatic rings. The summed E-state index contributed by atoms with van der Waals surface area (Å²) in [6.07, 6.45) is 2.58. The maximum Gasteiger partial charge on any atom is 0.345 e. The average molecular weight is 368 g/mol. The Labute approximate surface area is 160 Å². The second kappa shape index (κ2) is 8.05. The van der Waals surface area contributed by atoms with E-state index in [0.29, 0.717) is 12.2 Å². The molecule has 2 N–H and O–H groups in total. The third-order valence-corrected chi connectivity index (χ3v) is 4.87. The molecule has 1 aromatic heterocycles. The molecule has 0 bridgehead atoms. The van der Waals surface area contributed by atoms with E-state index in [9.17, 15) is 9.59 Å². The molecule has 0 atom stereocenters. The van der Waals surface area contributed by atoms with Crippen LogP contribution in [0.2, 0.25) is 0 Å². The summed E-state index contributed by atoms with van der Waals surface area (Å²) in [5.41, 5.74) is 2.39. The van der Waals surface area contributed by atoms with Gasteiger partial charge in [0.1, 0.15) is 5.69 Å². The molecule has 6 heteroatoms. The summed E-state index contributed by atoms with van der Waals surface area (Å²) in [6, 6.07) is 9.96. The number of nitrogens with zero attached hydrogens (tertiary/aromatic N) is 2. The van der Waals surface area contributed by atoms with E-state index in [4.69, 9.17) is 0 Å². The van der Waals surface area contributed by atoms with Crippen molar-refractivity contribution in [2.45, 2.75) is 52.1 Å². The van der Waals surface area contributed by atoms with Crippen LogP contribution in [0.5, 0.6) is 0 Å². The number of likely N-dealkylation sites (tertiary alicyclic amines) is 1. The molecule has 2 heterocycles. The summed E-state index contributed by atoms with van der Waals surface area (Å²) in [4.78, 5) is 33.1. The van der Waals surface area contributed by atoms with Crippen molar-refractivity contribution in [3.63, 3.8) is 0 Å². The fourth-order valence-corrected chi connectivity index (χ4v) is 3.21. The second-order valence-corrected chi connectivity index (χ2v) is 8.22. The van der Waals surface area contributed by atoms with E-state index in [-0.39, 0.29) is 17.0 Å². The fraction of sp³-hybridized carbons (Fsp3) is 0.476. The minimum absolute atomic E-state index is 0.148. The number of aromatic amines is 1. The lowest BCUT2D eigenvalue weighted by Crippen LogP contribution is -2.29. The van der Waals surface area contributed by atoms with Gasteiger partial charge in [-0.1, -0.05) is 45.0 Å². The number of benzene rings is 1. The molecule has 27 heavy (non-hydrogen) atoms. The van der Waals surface area contributed by atoms with Crippen molar-refractivity contribution in [3.8, 4) is 0 Å². The summed E-state index contributed by atoms with van der Waals surface area (Å²) >= 11 is 0. The zero-order valence-corrected chi connectivity index (χ0v) is 16.3. The number of rotatable bonds is 5. The van der Waals surface area contributed by atoms with Crippen LogP contribution in [0.3, 0.4) is 0 Å². The smallest absolute Gasteiger partial charge is 0.345 e. The number of carbonyl (C=O) groups excluding carboxylic acids is 1. The number of hydrogen-bond acceptors (Lipinski definition) is 4. The molecule has 2 aromatic rings. The van der Waals surface area contributed by atoms with Crippen LogP contribution in [0.15, 0.2) is 35.1 Å². The molecule has 144 valence electrons. The topological polar surface area (TPSA) is 78.1 Å². The lowest BCUT2D eigenvalue weighted by Gasteiger charge is -2.18. The predicted molar refractivity (Wildman–Crippen MR) is 106 cm³/mol. The zero-order valence-electron chi connectivity index (χ0n) is 16.3. The van der Waals surface area contributed by atoms with Crippen molar-refractivity contribution in [2.75, 3.05) is 13.1 Å². The van der Waals surface area contributed by atoms with Crippen LogP contribution in [0, 0.1) is 0 Å².